The summed E-state index contributed by atoms with van der Waals surface area (Å²) in [6.45, 7) is 0.921. The highest BCUT2D eigenvalue weighted by molar-refractivity contribution is 5.99. The highest BCUT2D eigenvalue weighted by Crippen LogP contribution is 2.45. The van der Waals surface area contributed by atoms with Crippen molar-refractivity contribution in [3.8, 4) is 5.75 Å². The third kappa shape index (κ3) is 3.92. The lowest BCUT2D eigenvalue weighted by atomic mass is 9.96. The molecule has 1 aromatic heterocycles. The van der Waals surface area contributed by atoms with Gasteiger partial charge in [0.25, 0.3) is 5.91 Å². The van der Waals surface area contributed by atoms with Crippen LogP contribution in [0.15, 0.2) is 54.7 Å². The van der Waals surface area contributed by atoms with Crippen molar-refractivity contribution in [1.82, 2.24) is 14.7 Å². The number of carbonyl (C=O) groups excluding carboxylic acids is 1. The fourth-order valence-corrected chi connectivity index (χ4v) is 4.64. The van der Waals surface area contributed by atoms with E-state index in [4.69, 9.17) is 4.74 Å². The van der Waals surface area contributed by atoms with Gasteiger partial charge < -0.3 is 15.0 Å². The van der Waals surface area contributed by atoms with Gasteiger partial charge in [-0.2, -0.15) is 18.3 Å². The number of nitrogens with one attached hydrogen (secondary N) is 1. The molecule has 1 amide bonds. The van der Waals surface area contributed by atoms with Gasteiger partial charge in [0.05, 0.1) is 19.3 Å². The first-order chi connectivity index (χ1) is 15.8. The number of fused-ring (bicyclic) bond motifs is 2. The molecule has 0 saturated carbocycles. The number of nitrogens with zero attached hydrogens (tertiary/aromatic N) is 3. The maximum Gasteiger partial charge on any atom is 0.410 e. The van der Waals surface area contributed by atoms with Crippen molar-refractivity contribution < 1.29 is 22.7 Å². The number of rotatable bonds is 3. The molecule has 6 nitrogen and oxygen atoms in total. The molecule has 0 saturated heterocycles. The molecule has 2 aliphatic heterocycles. The molecule has 33 heavy (non-hydrogen) atoms. The zero-order chi connectivity index (χ0) is 23.2. The molecule has 2 aliphatic rings. The van der Waals surface area contributed by atoms with Crippen LogP contribution in [0.2, 0.25) is 0 Å². The van der Waals surface area contributed by atoms with E-state index < -0.39 is 18.3 Å². The van der Waals surface area contributed by atoms with Crippen molar-refractivity contribution >= 4 is 11.7 Å². The zero-order valence-corrected chi connectivity index (χ0v) is 18.0. The van der Waals surface area contributed by atoms with E-state index in [1.165, 1.54) is 18.9 Å². The van der Waals surface area contributed by atoms with Crippen molar-refractivity contribution in [1.29, 1.82) is 0 Å². The molecule has 3 aromatic rings. The summed E-state index contributed by atoms with van der Waals surface area (Å²) in [5, 5.41) is 7.14. The molecule has 3 heterocycles. The van der Waals surface area contributed by atoms with Gasteiger partial charge in [0.2, 0.25) is 0 Å². The average molecular weight is 456 g/mol. The molecule has 1 N–H and O–H groups in total. The van der Waals surface area contributed by atoms with Crippen molar-refractivity contribution in [3.63, 3.8) is 0 Å². The van der Waals surface area contributed by atoms with Crippen LogP contribution in [-0.4, -0.2) is 40.4 Å². The average Bonchev–Trinajstić information content (AvgIpc) is 3.26. The second-order valence-corrected chi connectivity index (χ2v) is 8.36. The third-order valence-electron chi connectivity index (χ3n) is 6.38. The number of hydrogen-bond acceptors (Lipinski definition) is 4. The predicted octanol–water partition coefficient (Wildman–Crippen LogP) is 4.75. The maximum atomic E-state index is 14.0. The van der Waals surface area contributed by atoms with Gasteiger partial charge in [0.15, 0.2) is 6.04 Å². The van der Waals surface area contributed by atoms with E-state index in [0.717, 1.165) is 10.2 Å². The SMILES string of the molecule is COc1cccc(C2CC(C(F)(F)F)n3ncc(C(=O)N4CCc5ccccc5C4)c3N2)c1. The second kappa shape index (κ2) is 8.13. The van der Waals surface area contributed by atoms with E-state index in [2.05, 4.69) is 10.4 Å². The first-order valence-corrected chi connectivity index (χ1v) is 10.8. The number of halogens is 3. The van der Waals surface area contributed by atoms with Gasteiger partial charge >= 0.3 is 6.18 Å². The Bertz CT molecular complexity index is 1190. The van der Waals surface area contributed by atoms with Gasteiger partial charge in [0, 0.05) is 19.5 Å². The quantitative estimate of drug-likeness (QED) is 0.618. The van der Waals surface area contributed by atoms with Crippen molar-refractivity contribution in [2.24, 2.45) is 0 Å². The van der Waals surface area contributed by atoms with Crippen LogP contribution in [0, 0.1) is 0 Å². The molecule has 0 bridgehead atoms. The number of methoxy groups -OCH3 is 1. The summed E-state index contributed by atoms with van der Waals surface area (Å²) in [4.78, 5) is 15.0. The maximum absolute atomic E-state index is 14.0. The second-order valence-electron chi connectivity index (χ2n) is 8.36. The van der Waals surface area contributed by atoms with Crippen LogP contribution < -0.4 is 10.1 Å². The van der Waals surface area contributed by atoms with E-state index >= 15 is 0 Å². The first kappa shape index (κ1) is 21.4. The van der Waals surface area contributed by atoms with E-state index in [0.29, 0.717) is 30.8 Å². The molecule has 9 heteroatoms. The van der Waals surface area contributed by atoms with E-state index in [1.54, 1.807) is 29.2 Å². The summed E-state index contributed by atoms with van der Waals surface area (Å²) in [6, 6.07) is 12.3. The molecular formula is C24H23F3N4O2. The summed E-state index contributed by atoms with van der Waals surface area (Å²) in [6.07, 6.45) is -2.80. The summed E-state index contributed by atoms with van der Waals surface area (Å²) >= 11 is 0. The molecule has 2 unspecified atom stereocenters. The number of ether oxygens (including phenoxy) is 1. The van der Waals surface area contributed by atoms with E-state index in [-0.39, 0.29) is 23.7 Å². The minimum absolute atomic E-state index is 0.0975. The summed E-state index contributed by atoms with van der Waals surface area (Å²) < 4.78 is 48.1. The van der Waals surface area contributed by atoms with E-state index in [9.17, 15) is 18.0 Å². The summed E-state index contributed by atoms with van der Waals surface area (Å²) in [5.41, 5.74) is 3.04. The Labute approximate surface area is 189 Å². The molecular weight excluding hydrogens is 433 g/mol. The smallest absolute Gasteiger partial charge is 0.410 e. The Morgan fingerprint density at radius 1 is 1.15 bits per heavy atom. The standard InChI is InChI=1S/C24H23F3N4O2/c1-33-18-8-4-7-16(11-18)20-12-21(24(25,26)27)31-22(29-20)19(13-28-31)23(32)30-10-9-15-5-2-3-6-17(15)14-30/h2-8,11,13,20-21,29H,9-10,12,14H2,1H3. The van der Waals surface area contributed by atoms with Crippen LogP contribution in [0.5, 0.6) is 5.75 Å². The van der Waals surface area contributed by atoms with Gasteiger partial charge in [-0.3, -0.25) is 4.79 Å². The van der Waals surface area contributed by atoms with E-state index in [1.807, 2.05) is 24.3 Å². The number of benzene rings is 2. The number of carbonyl (C=O) groups is 1. The number of hydrogen-bond donors (Lipinski definition) is 1. The van der Waals surface area contributed by atoms with Crippen LogP contribution in [0.25, 0.3) is 0 Å². The van der Waals surface area contributed by atoms with Gasteiger partial charge in [-0.15, -0.1) is 0 Å². The lowest BCUT2D eigenvalue weighted by Crippen LogP contribution is -2.38. The van der Waals surface area contributed by atoms with Crippen molar-refractivity contribution in [3.05, 3.63) is 77.0 Å². The largest absolute Gasteiger partial charge is 0.497 e. The number of aromatic nitrogens is 2. The molecule has 0 aliphatic carbocycles. The fourth-order valence-electron chi connectivity index (χ4n) is 4.64. The summed E-state index contributed by atoms with van der Waals surface area (Å²) in [5.74, 6) is 0.325. The zero-order valence-electron chi connectivity index (χ0n) is 18.0. The Hall–Kier alpha value is -3.49. The van der Waals surface area contributed by atoms with Crippen molar-refractivity contribution in [2.45, 2.75) is 37.6 Å². The molecule has 2 atom stereocenters. The minimum Gasteiger partial charge on any atom is -0.497 e. The number of alkyl halides is 3. The number of amides is 1. The molecule has 2 aromatic carbocycles. The topological polar surface area (TPSA) is 59.4 Å². The van der Waals surface area contributed by atoms with Crippen LogP contribution in [0.3, 0.4) is 0 Å². The minimum atomic E-state index is -4.51. The predicted molar refractivity (Wildman–Crippen MR) is 116 cm³/mol. The molecule has 0 spiro atoms. The molecule has 5 rings (SSSR count). The Morgan fingerprint density at radius 3 is 2.70 bits per heavy atom. The molecule has 0 radical (unpaired) electrons. The monoisotopic (exact) mass is 456 g/mol. The molecule has 0 fully saturated rings. The van der Waals surface area contributed by atoms with Gasteiger partial charge in [-0.1, -0.05) is 36.4 Å². The Morgan fingerprint density at radius 2 is 1.94 bits per heavy atom. The Kier molecular flexibility index (Phi) is 5.26. The Balaban J connectivity index is 1.49. The van der Waals surface area contributed by atoms with Crippen molar-refractivity contribution in [2.75, 3.05) is 19.0 Å². The van der Waals surface area contributed by atoms with Gasteiger partial charge in [-0.05, 0) is 35.2 Å². The van der Waals surface area contributed by atoms with Gasteiger partial charge in [0.1, 0.15) is 17.1 Å². The third-order valence-corrected chi connectivity index (χ3v) is 6.38. The lowest BCUT2D eigenvalue weighted by Gasteiger charge is -2.34. The first-order valence-electron chi connectivity index (χ1n) is 10.8. The normalized spacial score (nSPS) is 19.9. The fraction of sp³-hybridized carbons (Fsp3) is 0.333. The van der Waals surface area contributed by atoms with Crippen LogP contribution in [0.1, 0.15) is 45.6 Å². The number of anilines is 1. The highest BCUT2D eigenvalue weighted by Gasteiger charge is 2.47. The summed E-state index contributed by atoms with van der Waals surface area (Å²) in [7, 11) is 1.51. The highest BCUT2D eigenvalue weighted by atomic mass is 19.4. The van der Waals surface area contributed by atoms with Crippen LogP contribution >= 0.6 is 0 Å². The van der Waals surface area contributed by atoms with Gasteiger partial charge in [-0.25, -0.2) is 4.68 Å². The molecule has 172 valence electrons. The lowest BCUT2D eigenvalue weighted by molar-refractivity contribution is -0.173. The van der Waals surface area contributed by atoms with Crippen LogP contribution in [0.4, 0.5) is 19.0 Å². The van der Waals surface area contributed by atoms with Crippen LogP contribution in [-0.2, 0) is 13.0 Å².